The van der Waals surface area contributed by atoms with E-state index in [1.807, 2.05) is 31.3 Å². The minimum atomic E-state index is 0. The Morgan fingerprint density at radius 2 is 2.04 bits per heavy atom. The van der Waals surface area contributed by atoms with Crippen LogP contribution in [0.25, 0.3) is 0 Å². The Morgan fingerprint density at radius 1 is 1.26 bits per heavy atom. The fraction of sp³-hybridized carbons (Fsp3) is 0.550. The van der Waals surface area contributed by atoms with E-state index < -0.39 is 0 Å². The summed E-state index contributed by atoms with van der Waals surface area (Å²) in [7, 11) is 3.53. The summed E-state index contributed by atoms with van der Waals surface area (Å²) >= 11 is 0. The molecule has 2 aliphatic rings. The summed E-state index contributed by atoms with van der Waals surface area (Å²) < 4.78 is 11.0. The quantitative estimate of drug-likeness (QED) is 0.211. The van der Waals surface area contributed by atoms with Crippen molar-refractivity contribution in [1.82, 2.24) is 15.1 Å². The molecule has 0 aliphatic carbocycles. The number of nitrogens with zero attached hydrogens (tertiary/aromatic N) is 3. The van der Waals surface area contributed by atoms with Crippen LogP contribution in [0, 0.1) is 0 Å². The van der Waals surface area contributed by atoms with Crippen LogP contribution in [0.5, 0.6) is 11.5 Å². The Kier molecular flexibility index (Phi) is 9.20. The first-order valence-corrected chi connectivity index (χ1v) is 9.41. The number of methoxy groups -OCH3 is 1. The van der Waals surface area contributed by atoms with Gasteiger partial charge in [-0.2, -0.15) is 0 Å². The second kappa shape index (κ2) is 11.4. The van der Waals surface area contributed by atoms with Crippen molar-refractivity contribution in [3.05, 3.63) is 36.4 Å². The van der Waals surface area contributed by atoms with Gasteiger partial charge in [0, 0.05) is 51.9 Å². The minimum absolute atomic E-state index is 0. The van der Waals surface area contributed by atoms with Gasteiger partial charge >= 0.3 is 0 Å². The number of halogens is 1. The molecular weight excluding hydrogens is 455 g/mol. The zero-order valence-corrected chi connectivity index (χ0v) is 18.6. The van der Waals surface area contributed by atoms with Gasteiger partial charge in [-0.15, -0.1) is 24.0 Å². The van der Waals surface area contributed by atoms with Crippen LogP contribution >= 0.6 is 24.0 Å². The molecule has 2 aliphatic heterocycles. The smallest absolute Gasteiger partial charge is 0.193 e. The van der Waals surface area contributed by atoms with Crippen molar-refractivity contribution in [3.63, 3.8) is 0 Å². The normalized spacial score (nSPS) is 19.9. The highest BCUT2D eigenvalue weighted by molar-refractivity contribution is 14.0. The van der Waals surface area contributed by atoms with Crippen LogP contribution in [0.15, 0.2) is 41.4 Å². The van der Waals surface area contributed by atoms with Gasteiger partial charge in [-0.05, 0) is 25.0 Å². The molecule has 0 amide bonds. The summed E-state index contributed by atoms with van der Waals surface area (Å²) in [4.78, 5) is 9.35. The van der Waals surface area contributed by atoms with Gasteiger partial charge in [-0.25, -0.2) is 0 Å². The Hall–Kier alpha value is -1.48. The molecule has 1 saturated heterocycles. The van der Waals surface area contributed by atoms with E-state index in [9.17, 15) is 0 Å². The highest BCUT2D eigenvalue weighted by atomic mass is 127. The van der Waals surface area contributed by atoms with E-state index in [-0.39, 0.29) is 24.0 Å². The molecule has 6 nitrogen and oxygen atoms in total. The van der Waals surface area contributed by atoms with Gasteiger partial charge in [0.05, 0.1) is 13.7 Å². The molecule has 0 aromatic heterocycles. The summed E-state index contributed by atoms with van der Waals surface area (Å²) in [6, 6.07) is 8.35. The molecule has 1 unspecified atom stereocenters. The molecule has 1 aromatic carbocycles. The fourth-order valence-corrected chi connectivity index (χ4v) is 3.51. The molecular formula is C20H31IN4O2. The van der Waals surface area contributed by atoms with Gasteiger partial charge in [0.25, 0.3) is 0 Å². The number of rotatable bonds is 7. The molecule has 1 aromatic rings. The number of benzene rings is 1. The highest BCUT2D eigenvalue weighted by Crippen LogP contribution is 2.19. The summed E-state index contributed by atoms with van der Waals surface area (Å²) in [6.45, 7) is 5.82. The lowest BCUT2D eigenvalue weighted by Gasteiger charge is -2.25. The van der Waals surface area contributed by atoms with Gasteiger partial charge in [-0.3, -0.25) is 9.89 Å². The van der Waals surface area contributed by atoms with Crippen LogP contribution in [0.4, 0.5) is 0 Å². The second-order valence-corrected chi connectivity index (χ2v) is 6.67. The number of guanidine groups is 1. The molecule has 2 heterocycles. The molecule has 0 spiro atoms. The van der Waals surface area contributed by atoms with Crippen molar-refractivity contribution >= 4 is 29.9 Å². The third-order valence-corrected chi connectivity index (χ3v) is 4.95. The standard InChI is InChI=1S/C20H30N4O2.HI/c1-21-20(24-13-9-17(16-24)23-11-3-4-12-23)22-10-6-14-26-19-8-5-7-18(15-19)25-2;/h3-5,7-8,15,17H,6,9-14,16H2,1-2H3,(H,21,22);1H. The Bertz CT molecular complexity index is 630. The first kappa shape index (κ1) is 21.8. The first-order valence-electron chi connectivity index (χ1n) is 9.41. The lowest BCUT2D eigenvalue weighted by molar-refractivity contribution is 0.259. The number of hydrogen-bond acceptors (Lipinski definition) is 4. The van der Waals surface area contributed by atoms with Gasteiger partial charge in [0.2, 0.25) is 0 Å². The highest BCUT2D eigenvalue weighted by Gasteiger charge is 2.29. The number of aliphatic imine (C=N–C) groups is 1. The lowest BCUT2D eigenvalue weighted by Crippen LogP contribution is -2.43. The van der Waals surface area contributed by atoms with Gasteiger partial charge in [0.1, 0.15) is 11.5 Å². The van der Waals surface area contributed by atoms with Crippen molar-refractivity contribution in [2.45, 2.75) is 18.9 Å². The van der Waals surface area contributed by atoms with E-state index >= 15 is 0 Å². The van der Waals surface area contributed by atoms with E-state index in [0.29, 0.717) is 12.6 Å². The van der Waals surface area contributed by atoms with E-state index in [1.165, 1.54) is 6.42 Å². The van der Waals surface area contributed by atoms with Crippen molar-refractivity contribution in [2.75, 3.05) is 53.5 Å². The zero-order chi connectivity index (χ0) is 18.2. The summed E-state index contributed by atoms with van der Waals surface area (Å²) in [5.74, 6) is 2.66. The topological polar surface area (TPSA) is 49.3 Å². The molecule has 7 heteroatoms. The number of likely N-dealkylation sites (tertiary alicyclic amines) is 1. The Morgan fingerprint density at radius 3 is 2.78 bits per heavy atom. The number of hydrogen-bond donors (Lipinski definition) is 1. The van der Waals surface area contributed by atoms with E-state index in [2.05, 4.69) is 32.3 Å². The zero-order valence-electron chi connectivity index (χ0n) is 16.3. The van der Waals surface area contributed by atoms with E-state index in [1.54, 1.807) is 7.11 Å². The molecule has 1 N–H and O–H groups in total. The van der Waals surface area contributed by atoms with Crippen LogP contribution < -0.4 is 14.8 Å². The van der Waals surface area contributed by atoms with Gasteiger partial charge < -0.3 is 19.7 Å². The van der Waals surface area contributed by atoms with Gasteiger partial charge in [0.15, 0.2) is 5.96 Å². The summed E-state index contributed by atoms with van der Waals surface area (Å²) in [6.07, 6.45) is 6.65. The molecule has 1 fully saturated rings. The maximum Gasteiger partial charge on any atom is 0.193 e. The molecule has 0 saturated carbocycles. The second-order valence-electron chi connectivity index (χ2n) is 6.67. The Balaban J connectivity index is 0.00000261. The van der Waals surface area contributed by atoms with Crippen LogP contribution in [0.1, 0.15) is 12.8 Å². The maximum atomic E-state index is 5.79. The SMILES string of the molecule is CN=C(NCCCOc1cccc(OC)c1)N1CCC(N2CC=CC2)C1.I. The lowest BCUT2D eigenvalue weighted by atomic mass is 10.2. The third-order valence-electron chi connectivity index (χ3n) is 4.95. The van der Waals surface area contributed by atoms with Gasteiger partial charge in [-0.1, -0.05) is 18.2 Å². The molecule has 0 bridgehead atoms. The predicted octanol–water partition coefficient (Wildman–Crippen LogP) is 2.60. The minimum Gasteiger partial charge on any atom is -0.497 e. The maximum absolute atomic E-state index is 5.79. The van der Waals surface area contributed by atoms with Crippen molar-refractivity contribution < 1.29 is 9.47 Å². The molecule has 1 atom stereocenters. The summed E-state index contributed by atoms with van der Waals surface area (Å²) in [5, 5.41) is 3.47. The molecule has 3 rings (SSSR count). The van der Waals surface area contributed by atoms with Crippen molar-refractivity contribution in [2.24, 2.45) is 4.99 Å². The summed E-state index contributed by atoms with van der Waals surface area (Å²) in [5.41, 5.74) is 0. The van der Waals surface area contributed by atoms with Crippen molar-refractivity contribution in [3.8, 4) is 11.5 Å². The van der Waals surface area contributed by atoms with Crippen LogP contribution in [0.2, 0.25) is 0 Å². The number of ether oxygens (including phenoxy) is 2. The van der Waals surface area contributed by atoms with Crippen LogP contribution in [-0.4, -0.2) is 75.3 Å². The Labute approximate surface area is 179 Å². The monoisotopic (exact) mass is 486 g/mol. The predicted molar refractivity (Wildman–Crippen MR) is 121 cm³/mol. The van der Waals surface area contributed by atoms with Crippen LogP contribution in [0.3, 0.4) is 0 Å². The largest absolute Gasteiger partial charge is 0.497 e. The average molecular weight is 486 g/mol. The van der Waals surface area contributed by atoms with Crippen LogP contribution in [-0.2, 0) is 0 Å². The first-order chi connectivity index (χ1) is 12.8. The van der Waals surface area contributed by atoms with E-state index in [0.717, 1.165) is 56.6 Å². The average Bonchev–Trinajstić information content (AvgIpc) is 3.36. The molecule has 150 valence electrons. The third kappa shape index (κ3) is 6.27. The van der Waals surface area contributed by atoms with Crippen molar-refractivity contribution in [1.29, 1.82) is 0 Å². The fourth-order valence-electron chi connectivity index (χ4n) is 3.51. The molecule has 27 heavy (non-hydrogen) atoms. The van der Waals surface area contributed by atoms with E-state index in [4.69, 9.17) is 9.47 Å². The molecule has 0 radical (unpaired) electrons. The number of nitrogens with one attached hydrogen (secondary N) is 1.